The molecule has 0 bridgehead atoms. The SMILES string of the molecule is COc1ccc(CCCC(CC(N)=O)C(=O)N[C@@H](Cc2c[nH]c3ccccc23)C(C)=O)cc1. The van der Waals surface area contributed by atoms with Crippen LogP contribution in [0.4, 0.5) is 0 Å². The van der Waals surface area contributed by atoms with E-state index in [0.717, 1.165) is 34.2 Å². The lowest BCUT2D eigenvalue weighted by Crippen LogP contribution is -2.44. The Bertz CT molecular complexity index is 1100. The molecule has 0 aliphatic carbocycles. The summed E-state index contributed by atoms with van der Waals surface area (Å²) >= 11 is 0. The van der Waals surface area contributed by atoms with Crippen molar-refractivity contribution in [1.29, 1.82) is 0 Å². The summed E-state index contributed by atoms with van der Waals surface area (Å²) in [6, 6.07) is 14.9. The number of para-hydroxylation sites is 1. The number of rotatable bonds is 12. The Morgan fingerprint density at radius 1 is 1.09 bits per heavy atom. The molecule has 0 saturated carbocycles. The van der Waals surface area contributed by atoms with Crippen LogP contribution in [0.2, 0.25) is 0 Å². The van der Waals surface area contributed by atoms with Crippen molar-refractivity contribution < 1.29 is 19.1 Å². The minimum atomic E-state index is -0.673. The van der Waals surface area contributed by atoms with E-state index in [-0.39, 0.29) is 18.1 Å². The number of nitrogens with one attached hydrogen (secondary N) is 2. The van der Waals surface area contributed by atoms with Crippen LogP contribution < -0.4 is 15.8 Å². The van der Waals surface area contributed by atoms with Gasteiger partial charge >= 0.3 is 0 Å². The van der Waals surface area contributed by atoms with Gasteiger partial charge in [-0.15, -0.1) is 0 Å². The molecule has 0 radical (unpaired) electrons. The number of hydrogen-bond donors (Lipinski definition) is 3. The molecule has 7 heteroatoms. The number of carbonyl (C=O) groups excluding carboxylic acids is 3. The van der Waals surface area contributed by atoms with Crippen molar-refractivity contribution in [2.45, 2.75) is 45.1 Å². The first-order chi connectivity index (χ1) is 15.9. The van der Waals surface area contributed by atoms with Crippen LogP contribution in [0.15, 0.2) is 54.7 Å². The van der Waals surface area contributed by atoms with Crippen LogP contribution in [0.1, 0.15) is 37.3 Å². The number of ether oxygens (including phenoxy) is 1. The van der Waals surface area contributed by atoms with Gasteiger partial charge in [-0.05, 0) is 55.5 Å². The Kier molecular flexibility index (Phi) is 8.24. The summed E-state index contributed by atoms with van der Waals surface area (Å²) in [5.41, 5.74) is 8.46. The molecular weight excluding hydrogens is 418 g/mol. The lowest BCUT2D eigenvalue weighted by atomic mass is 9.94. The predicted octanol–water partition coefficient (Wildman–Crippen LogP) is 3.31. The maximum absolute atomic E-state index is 13.0. The van der Waals surface area contributed by atoms with E-state index in [9.17, 15) is 14.4 Å². The number of fused-ring (bicyclic) bond motifs is 1. The smallest absolute Gasteiger partial charge is 0.224 e. The van der Waals surface area contributed by atoms with Gasteiger partial charge in [0, 0.05) is 35.9 Å². The Hall–Kier alpha value is -3.61. The normalized spacial score (nSPS) is 12.8. The van der Waals surface area contributed by atoms with E-state index in [0.29, 0.717) is 19.3 Å². The van der Waals surface area contributed by atoms with Crippen molar-refractivity contribution in [2.75, 3.05) is 7.11 Å². The molecule has 174 valence electrons. The molecule has 2 amide bonds. The van der Waals surface area contributed by atoms with Gasteiger partial charge < -0.3 is 20.8 Å². The molecule has 0 aliphatic heterocycles. The average Bonchev–Trinajstić information content (AvgIpc) is 3.21. The van der Waals surface area contributed by atoms with Gasteiger partial charge in [-0.25, -0.2) is 0 Å². The Morgan fingerprint density at radius 2 is 1.82 bits per heavy atom. The highest BCUT2D eigenvalue weighted by Crippen LogP contribution is 2.21. The highest BCUT2D eigenvalue weighted by Gasteiger charge is 2.25. The average molecular weight is 450 g/mol. The number of primary amides is 1. The molecule has 3 rings (SSSR count). The third-order valence-corrected chi connectivity index (χ3v) is 5.90. The number of aryl methyl sites for hydroxylation is 1. The number of benzene rings is 2. The van der Waals surface area contributed by atoms with Gasteiger partial charge in [0.25, 0.3) is 0 Å². The van der Waals surface area contributed by atoms with Gasteiger partial charge in [0.2, 0.25) is 11.8 Å². The van der Waals surface area contributed by atoms with Crippen LogP contribution in [0, 0.1) is 5.92 Å². The molecule has 0 fully saturated rings. The fourth-order valence-corrected chi connectivity index (χ4v) is 4.02. The molecule has 1 aromatic heterocycles. The highest BCUT2D eigenvalue weighted by molar-refractivity contribution is 5.91. The second-order valence-electron chi connectivity index (χ2n) is 8.34. The second kappa shape index (κ2) is 11.3. The lowest BCUT2D eigenvalue weighted by Gasteiger charge is -2.20. The second-order valence-corrected chi connectivity index (χ2v) is 8.34. The summed E-state index contributed by atoms with van der Waals surface area (Å²) in [5.74, 6) is -0.773. The summed E-state index contributed by atoms with van der Waals surface area (Å²) in [5, 5.41) is 3.88. The zero-order chi connectivity index (χ0) is 23.8. The number of ketones is 1. The first-order valence-corrected chi connectivity index (χ1v) is 11.1. The van der Waals surface area contributed by atoms with E-state index >= 15 is 0 Å². The fraction of sp³-hybridized carbons (Fsp3) is 0.346. The van der Waals surface area contributed by atoms with Crippen LogP contribution in [-0.4, -0.2) is 35.7 Å². The predicted molar refractivity (Wildman–Crippen MR) is 128 cm³/mol. The quantitative estimate of drug-likeness (QED) is 0.393. The summed E-state index contributed by atoms with van der Waals surface area (Å²) in [6.07, 6.45) is 4.16. The number of Topliss-reactive ketones (excluding diaryl/α,β-unsaturated/α-hetero) is 1. The molecule has 7 nitrogen and oxygen atoms in total. The first kappa shape index (κ1) is 24.0. The third kappa shape index (κ3) is 6.68. The molecule has 4 N–H and O–H groups in total. The standard InChI is InChI=1S/C26H31N3O4/c1-17(30)24(14-20-16-28-23-9-4-3-8-22(20)23)29-26(32)19(15-25(27)31)7-5-6-18-10-12-21(33-2)13-11-18/h3-4,8-13,16,19,24,28H,5-7,14-15H2,1-2H3,(H2,27,31)(H,29,32)/t19?,24-/m0/s1. The minimum Gasteiger partial charge on any atom is -0.497 e. The number of carbonyl (C=O) groups is 3. The summed E-state index contributed by atoms with van der Waals surface area (Å²) in [6.45, 7) is 1.46. The van der Waals surface area contributed by atoms with Crippen LogP contribution in [0.5, 0.6) is 5.75 Å². The molecular formula is C26H31N3O4. The van der Waals surface area contributed by atoms with E-state index in [1.165, 1.54) is 6.92 Å². The van der Waals surface area contributed by atoms with Gasteiger partial charge in [-0.2, -0.15) is 0 Å². The largest absolute Gasteiger partial charge is 0.497 e. The van der Waals surface area contributed by atoms with Crippen molar-refractivity contribution in [3.63, 3.8) is 0 Å². The zero-order valence-corrected chi connectivity index (χ0v) is 19.1. The van der Waals surface area contributed by atoms with Gasteiger partial charge in [-0.1, -0.05) is 30.3 Å². The van der Waals surface area contributed by atoms with E-state index < -0.39 is 17.9 Å². The van der Waals surface area contributed by atoms with Crippen molar-refractivity contribution in [2.24, 2.45) is 11.7 Å². The maximum atomic E-state index is 13.0. The van der Waals surface area contributed by atoms with Gasteiger partial charge in [0.1, 0.15) is 5.75 Å². The number of aromatic amines is 1. The molecule has 2 atom stereocenters. The molecule has 0 spiro atoms. The molecule has 1 heterocycles. The molecule has 1 unspecified atom stereocenters. The number of aromatic nitrogens is 1. The van der Waals surface area contributed by atoms with Crippen molar-refractivity contribution in [1.82, 2.24) is 10.3 Å². The Morgan fingerprint density at radius 3 is 2.48 bits per heavy atom. The van der Waals surface area contributed by atoms with Crippen molar-refractivity contribution in [3.05, 3.63) is 65.9 Å². The van der Waals surface area contributed by atoms with Crippen molar-refractivity contribution >= 4 is 28.5 Å². The van der Waals surface area contributed by atoms with Crippen LogP contribution in [-0.2, 0) is 27.2 Å². The highest BCUT2D eigenvalue weighted by atomic mass is 16.5. The molecule has 0 saturated heterocycles. The number of hydrogen-bond acceptors (Lipinski definition) is 4. The monoisotopic (exact) mass is 449 g/mol. The maximum Gasteiger partial charge on any atom is 0.224 e. The molecule has 0 aliphatic rings. The van der Waals surface area contributed by atoms with E-state index in [1.807, 2.05) is 54.7 Å². The third-order valence-electron chi connectivity index (χ3n) is 5.90. The van der Waals surface area contributed by atoms with Crippen LogP contribution in [0.3, 0.4) is 0 Å². The van der Waals surface area contributed by atoms with Gasteiger partial charge in [-0.3, -0.25) is 14.4 Å². The van der Waals surface area contributed by atoms with Gasteiger partial charge in [0.05, 0.1) is 13.2 Å². The summed E-state index contributed by atoms with van der Waals surface area (Å²) < 4.78 is 5.17. The van der Waals surface area contributed by atoms with Crippen molar-refractivity contribution in [3.8, 4) is 5.75 Å². The van der Waals surface area contributed by atoms with E-state index in [2.05, 4.69) is 10.3 Å². The summed E-state index contributed by atoms with van der Waals surface area (Å²) in [4.78, 5) is 40.1. The Balaban J connectivity index is 1.63. The molecule has 2 aromatic carbocycles. The fourth-order valence-electron chi connectivity index (χ4n) is 4.02. The minimum absolute atomic E-state index is 0.0494. The molecule has 3 aromatic rings. The van der Waals surface area contributed by atoms with E-state index in [1.54, 1.807) is 7.11 Å². The zero-order valence-electron chi connectivity index (χ0n) is 19.1. The van der Waals surface area contributed by atoms with Crippen LogP contribution >= 0.6 is 0 Å². The summed E-state index contributed by atoms with van der Waals surface area (Å²) in [7, 11) is 1.62. The first-order valence-electron chi connectivity index (χ1n) is 11.1. The van der Waals surface area contributed by atoms with Gasteiger partial charge in [0.15, 0.2) is 5.78 Å². The number of amides is 2. The number of H-pyrrole nitrogens is 1. The topological polar surface area (TPSA) is 114 Å². The van der Waals surface area contributed by atoms with Crippen LogP contribution in [0.25, 0.3) is 10.9 Å². The lowest BCUT2D eigenvalue weighted by molar-refractivity contribution is -0.132. The number of methoxy groups -OCH3 is 1. The number of nitrogens with two attached hydrogens (primary N) is 1. The van der Waals surface area contributed by atoms with E-state index in [4.69, 9.17) is 10.5 Å². The Labute approximate surface area is 193 Å². The molecule has 33 heavy (non-hydrogen) atoms.